The molecule has 0 aliphatic heterocycles. The van der Waals surface area contributed by atoms with Gasteiger partial charge in [0.1, 0.15) is 0 Å². The zero-order valence-corrected chi connectivity index (χ0v) is 3.94. The summed E-state index contributed by atoms with van der Waals surface area (Å²) in [5.74, 6) is 0. The Kier molecular flexibility index (Phi) is 0.821. The van der Waals surface area contributed by atoms with E-state index in [1.165, 1.54) is 0 Å². The van der Waals surface area contributed by atoms with E-state index in [0.717, 1.165) is 6.42 Å². The van der Waals surface area contributed by atoms with Crippen LogP contribution in [0, 0.1) is 0 Å². The van der Waals surface area contributed by atoms with Gasteiger partial charge in [-0.1, -0.05) is 0 Å². The molecule has 0 amide bonds. The minimum absolute atomic E-state index is 0.454. The first kappa shape index (κ1) is 4.09. The van der Waals surface area contributed by atoms with Crippen LogP contribution in [-0.4, -0.2) is 19.1 Å². The lowest BCUT2D eigenvalue weighted by molar-refractivity contribution is 0.777. The number of nitrogens with one attached hydrogen (secondary N) is 1. The monoisotopic (exact) mass is 86.1 g/mol. The lowest BCUT2D eigenvalue weighted by atomic mass is 10.7. The summed E-state index contributed by atoms with van der Waals surface area (Å²) in [5, 5.41) is 3.06. The zero-order valence-electron chi connectivity index (χ0n) is 3.94. The smallest absolute Gasteiger partial charge is 0.0231 e. The molecule has 0 bridgehead atoms. The van der Waals surface area contributed by atoms with E-state index in [1.807, 2.05) is 7.05 Å². The first-order valence-electron chi connectivity index (χ1n) is 2.27. The molecule has 0 aromatic heterocycles. The normalized spacial score (nSPS) is 43.0. The summed E-state index contributed by atoms with van der Waals surface area (Å²) in [5.41, 5.74) is 5.41. The molecule has 0 spiro atoms. The second-order valence-corrected chi connectivity index (χ2v) is 1.79. The predicted octanol–water partition coefficient (Wildman–Crippen LogP) is -0.695. The lowest BCUT2D eigenvalue weighted by Crippen LogP contribution is -2.17. The zero-order chi connectivity index (χ0) is 4.57. The van der Waals surface area contributed by atoms with Crippen molar-refractivity contribution in [3.05, 3.63) is 0 Å². The number of hydrogen-bond acceptors (Lipinski definition) is 2. The third-order valence-corrected chi connectivity index (χ3v) is 1.21. The summed E-state index contributed by atoms with van der Waals surface area (Å²) in [4.78, 5) is 0. The van der Waals surface area contributed by atoms with E-state index in [0.29, 0.717) is 12.1 Å². The van der Waals surface area contributed by atoms with Crippen molar-refractivity contribution in [2.45, 2.75) is 18.5 Å². The number of hydrogen-bond donors (Lipinski definition) is 2. The molecule has 3 N–H and O–H groups in total. The van der Waals surface area contributed by atoms with Crippen LogP contribution in [0.5, 0.6) is 0 Å². The fraction of sp³-hybridized carbons (Fsp3) is 1.00. The topological polar surface area (TPSA) is 38.0 Å². The van der Waals surface area contributed by atoms with Crippen LogP contribution < -0.4 is 11.1 Å². The van der Waals surface area contributed by atoms with Crippen LogP contribution in [0.2, 0.25) is 0 Å². The fourth-order valence-electron chi connectivity index (χ4n) is 0.547. The average Bonchev–Trinajstić information content (AvgIpc) is 2.19. The van der Waals surface area contributed by atoms with E-state index in [9.17, 15) is 0 Å². The number of likely N-dealkylation sites (N-methyl/N-ethyl adjacent to an activating group) is 1. The SMILES string of the molecule is CN[C@H]1C[C@@H]1N. The van der Waals surface area contributed by atoms with Crippen molar-refractivity contribution in [3.8, 4) is 0 Å². The molecule has 0 saturated heterocycles. The van der Waals surface area contributed by atoms with Crippen molar-refractivity contribution in [1.82, 2.24) is 5.32 Å². The van der Waals surface area contributed by atoms with Gasteiger partial charge in [-0.3, -0.25) is 0 Å². The molecule has 0 aromatic rings. The number of rotatable bonds is 1. The second kappa shape index (κ2) is 1.21. The third-order valence-electron chi connectivity index (χ3n) is 1.21. The van der Waals surface area contributed by atoms with Gasteiger partial charge in [0.2, 0.25) is 0 Å². The quantitative estimate of drug-likeness (QED) is 0.443. The first-order valence-corrected chi connectivity index (χ1v) is 2.27. The van der Waals surface area contributed by atoms with Crippen molar-refractivity contribution >= 4 is 0 Å². The van der Waals surface area contributed by atoms with Gasteiger partial charge in [0.05, 0.1) is 0 Å². The van der Waals surface area contributed by atoms with Gasteiger partial charge in [-0.25, -0.2) is 0 Å². The maximum atomic E-state index is 5.41. The van der Waals surface area contributed by atoms with Crippen molar-refractivity contribution in [1.29, 1.82) is 0 Å². The van der Waals surface area contributed by atoms with Crippen LogP contribution >= 0.6 is 0 Å². The van der Waals surface area contributed by atoms with Crippen LogP contribution in [0.4, 0.5) is 0 Å². The average molecular weight is 86.1 g/mol. The minimum atomic E-state index is 0.454. The molecular weight excluding hydrogens is 76.1 g/mol. The Labute approximate surface area is 37.7 Å². The van der Waals surface area contributed by atoms with E-state index in [1.54, 1.807) is 0 Å². The van der Waals surface area contributed by atoms with E-state index in [2.05, 4.69) is 5.32 Å². The van der Waals surface area contributed by atoms with Crippen molar-refractivity contribution in [2.24, 2.45) is 5.73 Å². The van der Waals surface area contributed by atoms with Gasteiger partial charge in [0.15, 0.2) is 0 Å². The van der Waals surface area contributed by atoms with Gasteiger partial charge in [-0.2, -0.15) is 0 Å². The van der Waals surface area contributed by atoms with Gasteiger partial charge in [0.25, 0.3) is 0 Å². The van der Waals surface area contributed by atoms with Crippen LogP contribution in [0.25, 0.3) is 0 Å². The Morgan fingerprint density at radius 1 is 1.83 bits per heavy atom. The van der Waals surface area contributed by atoms with Gasteiger partial charge in [-0.05, 0) is 13.5 Å². The Balaban J connectivity index is 2.09. The molecule has 1 saturated carbocycles. The highest BCUT2D eigenvalue weighted by Crippen LogP contribution is 2.15. The lowest BCUT2D eigenvalue weighted by Gasteiger charge is -1.85. The fourth-order valence-corrected chi connectivity index (χ4v) is 0.547. The van der Waals surface area contributed by atoms with Gasteiger partial charge < -0.3 is 11.1 Å². The van der Waals surface area contributed by atoms with Crippen molar-refractivity contribution in [3.63, 3.8) is 0 Å². The van der Waals surface area contributed by atoms with Crippen molar-refractivity contribution in [2.75, 3.05) is 7.05 Å². The van der Waals surface area contributed by atoms with E-state index in [-0.39, 0.29) is 0 Å². The summed E-state index contributed by atoms with van der Waals surface area (Å²) in [7, 11) is 1.94. The Morgan fingerprint density at radius 3 is 2.33 bits per heavy atom. The molecule has 6 heavy (non-hydrogen) atoms. The van der Waals surface area contributed by atoms with Gasteiger partial charge in [-0.15, -0.1) is 0 Å². The highest BCUT2D eigenvalue weighted by atomic mass is 15.0. The molecule has 2 nitrogen and oxygen atoms in total. The predicted molar refractivity (Wildman–Crippen MR) is 25.4 cm³/mol. The summed E-state index contributed by atoms with van der Waals surface area (Å²) < 4.78 is 0. The van der Waals surface area contributed by atoms with Crippen molar-refractivity contribution < 1.29 is 0 Å². The molecular formula is C4H10N2. The Morgan fingerprint density at radius 2 is 2.33 bits per heavy atom. The highest BCUT2D eigenvalue weighted by Gasteiger charge is 2.30. The molecule has 2 atom stereocenters. The first-order chi connectivity index (χ1) is 2.84. The molecule has 0 unspecified atom stereocenters. The standard InChI is InChI=1S/C4H10N2/c1-6-4-2-3(4)5/h3-4,6H,2,5H2,1H3/t3-,4-/m0/s1. The van der Waals surface area contributed by atoms with E-state index in [4.69, 9.17) is 5.73 Å². The van der Waals surface area contributed by atoms with Crippen LogP contribution in [0.1, 0.15) is 6.42 Å². The van der Waals surface area contributed by atoms with Crippen LogP contribution in [0.15, 0.2) is 0 Å². The summed E-state index contributed by atoms with van der Waals surface area (Å²) in [6.07, 6.45) is 1.16. The number of nitrogens with two attached hydrogens (primary N) is 1. The summed E-state index contributed by atoms with van der Waals surface area (Å²) >= 11 is 0. The third kappa shape index (κ3) is 0.533. The molecule has 0 aromatic carbocycles. The van der Waals surface area contributed by atoms with Crippen LogP contribution in [0.3, 0.4) is 0 Å². The van der Waals surface area contributed by atoms with E-state index < -0.39 is 0 Å². The molecule has 0 heterocycles. The molecule has 1 fully saturated rings. The molecule has 2 heteroatoms. The largest absolute Gasteiger partial charge is 0.326 e. The molecule has 1 aliphatic carbocycles. The highest BCUT2D eigenvalue weighted by molar-refractivity contribution is 4.95. The molecule has 1 rings (SSSR count). The van der Waals surface area contributed by atoms with Crippen LogP contribution in [-0.2, 0) is 0 Å². The van der Waals surface area contributed by atoms with Gasteiger partial charge >= 0.3 is 0 Å². The molecule has 0 radical (unpaired) electrons. The summed E-state index contributed by atoms with van der Waals surface area (Å²) in [6.45, 7) is 0. The molecule has 1 aliphatic rings. The molecule has 36 valence electrons. The Bertz CT molecular complexity index is 51.5. The minimum Gasteiger partial charge on any atom is -0.326 e. The second-order valence-electron chi connectivity index (χ2n) is 1.79. The van der Waals surface area contributed by atoms with Gasteiger partial charge in [0, 0.05) is 12.1 Å². The van der Waals surface area contributed by atoms with E-state index >= 15 is 0 Å². The maximum absolute atomic E-state index is 5.41. The maximum Gasteiger partial charge on any atom is 0.0231 e. The summed E-state index contributed by atoms with van der Waals surface area (Å²) in [6, 6.07) is 1.08. The Hall–Kier alpha value is -0.0800.